The number of hydrogen-bond donors (Lipinski definition) is 7. The molecule has 1 spiro atoms. The lowest BCUT2D eigenvalue weighted by molar-refractivity contribution is -0.180. The van der Waals surface area contributed by atoms with E-state index >= 15 is 0 Å². The first-order valence-electron chi connectivity index (χ1n) is 27.4. The number of primary amides is 2. The van der Waals surface area contributed by atoms with Crippen molar-refractivity contribution in [3.05, 3.63) is 65.8 Å². The van der Waals surface area contributed by atoms with Gasteiger partial charge in [0.15, 0.2) is 6.10 Å². The Balaban J connectivity index is 1.37. The minimum atomic E-state index is -1.19. The highest BCUT2D eigenvalue weighted by atomic mass is 16.7. The molecule has 10 N–H and O–H groups in total. The molecule has 8 amide bonds. The minimum Gasteiger partial charge on any atom is -0.459 e. The Hall–Kier alpha value is -6.89. The number of urea groups is 1. The van der Waals surface area contributed by atoms with Gasteiger partial charge in [-0.15, -0.1) is 0 Å². The smallest absolute Gasteiger partial charge is 0.426 e. The lowest BCUT2D eigenvalue weighted by Crippen LogP contribution is -2.57. The highest BCUT2D eigenvalue weighted by molar-refractivity contribution is 6.04. The molecular weight excluding hydrogens is 1040 g/mol. The fourth-order valence-electron chi connectivity index (χ4n) is 9.57. The predicted octanol–water partition coefficient (Wildman–Crippen LogP) is 3.53. The van der Waals surface area contributed by atoms with Crippen LogP contribution in [0.15, 0.2) is 60.2 Å². The molecule has 0 aliphatic carbocycles. The topological polar surface area (TPSA) is 345 Å². The second kappa shape index (κ2) is 31.8. The number of ether oxygens (including phenoxy) is 6. The summed E-state index contributed by atoms with van der Waals surface area (Å²) in [6, 6.07) is 3.07. The van der Waals surface area contributed by atoms with Crippen molar-refractivity contribution >= 4 is 59.3 Å². The predicted molar refractivity (Wildman–Crippen MR) is 294 cm³/mol. The maximum absolute atomic E-state index is 14.4. The number of carbonyl (C=O) groups is 9. The van der Waals surface area contributed by atoms with E-state index in [-0.39, 0.29) is 99.4 Å². The molecule has 3 heterocycles. The van der Waals surface area contributed by atoms with Gasteiger partial charge in [-0.1, -0.05) is 63.1 Å². The lowest BCUT2D eigenvalue weighted by atomic mass is 9.87. The van der Waals surface area contributed by atoms with E-state index in [1.165, 1.54) is 37.9 Å². The number of hydrogen-bond acceptors (Lipinski definition) is 16. The number of amides is 8. The quantitative estimate of drug-likeness (QED) is 0.0120. The van der Waals surface area contributed by atoms with E-state index < -0.39 is 83.9 Å². The summed E-state index contributed by atoms with van der Waals surface area (Å²) >= 11 is 0. The highest BCUT2D eigenvalue weighted by Crippen LogP contribution is 2.45. The standard InChI is InChI=1S/C56H85N9O15/c1-33(2)50(62-47(68)15-11-10-12-26-57)53(72)65(44(52(58)71)14-13-27-60-54(59)73)41-21-19-40(20-22-41)31-75-55(74)63-64(9)49(70)29-42-30-56(32-76-56)51(79-39(8)67)46(80-42)24-17-34(3)16-23-45-35(4)28-43(37(6)78-45)61-48(69)25-18-36(5)77-38(7)66/h16-22,24-25,33,35-37,42-46,50-51H,10-15,23,26-32,57H2,1-9H3,(H2,58,71)(H,61,69)(H,62,68)(H,63,74)(H3,59,60,73)/b24-17+,25-18-,34-16+/t35-,36-,37+,42+,43+,44-,45-,46+,50-,51+,56+/m0/s1. The molecule has 1 aromatic rings. The summed E-state index contributed by atoms with van der Waals surface area (Å²) < 4.78 is 34.9. The van der Waals surface area contributed by atoms with Crippen molar-refractivity contribution in [1.82, 2.24) is 26.4 Å². The normalized spacial score (nSPS) is 23.8. The first-order chi connectivity index (χ1) is 37.8. The third kappa shape index (κ3) is 21.3. The Bertz CT molecular complexity index is 2390. The van der Waals surface area contributed by atoms with E-state index in [0.29, 0.717) is 31.4 Å². The Morgan fingerprint density at radius 2 is 1.61 bits per heavy atom. The van der Waals surface area contributed by atoms with Crippen molar-refractivity contribution in [3.63, 3.8) is 0 Å². The second-order valence-corrected chi connectivity index (χ2v) is 21.2. The van der Waals surface area contributed by atoms with Crippen molar-refractivity contribution in [3.8, 4) is 0 Å². The van der Waals surface area contributed by atoms with Gasteiger partial charge in [-0.3, -0.25) is 43.5 Å². The number of nitrogens with two attached hydrogens (primary N) is 3. The SMILES string of the molecule is CC(=O)O[C@@H]1[C@@H](/C=C/C(C)=C/C[C@@H]2O[C@H](C)[C@H](NC(=O)/C=C\[C@H](C)OC(C)=O)C[C@@H]2C)O[C@H](CC(=O)N(C)NC(=O)OCc2ccc(N(C(=O)[C@@H](NC(=O)CCCCCN)C(C)C)[C@@H](CCCNC(N)=O)C(N)=O)cc2)C[C@@]12CO2. The van der Waals surface area contributed by atoms with Crippen molar-refractivity contribution in [1.29, 1.82) is 0 Å². The first kappa shape index (κ1) is 65.6. The van der Waals surface area contributed by atoms with Gasteiger partial charge in [0.1, 0.15) is 36.5 Å². The average molecular weight is 1120 g/mol. The van der Waals surface area contributed by atoms with Crippen molar-refractivity contribution in [2.24, 2.45) is 29.0 Å². The number of unbranched alkanes of at least 4 members (excludes halogenated alkanes) is 2. The minimum absolute atomic E-state index is 0.0504. The molecule has 3 aliphatic rings. The first-order valence-corrected chi connectivity index (χ1v) is 27.4. The molecule has 11 atom stereocenters. The number of nitrogens with one attached hydrogen (secondary N) is 4. The van der Waals surface area contributed by atoms with E-state index in [4.69, 9.17) is 45.6 Å². The summed E-state index contributed by atoms with van der Waals surface area (Å²) in [6.45, 7) is 14.3. The summed E-state index contributed by atoms with van der Waals surface area (Å²) in [5.74, 6) is -3.79. The fourth-order valence-corrected chi connectivity index (χ4v) is 9.57. The third-order valence-electron chi connectivity index (χ3n) is 14.0. The molecule has 0 bridgehead atoms. The van der Waals surface area contributed by atoms with Crippen LogP contribution in [0.25, 0.3) is 0 Å². The van der Waals surface area contributed by atoms with Crippen molar-refractivity contribution in [2.75, 3.05) is 31.6 Å². The summed E-state index contributed by atoms with van der Waals surface area (Å²) in [7, 11) is 1.36. The molecule has 3 saturated heterocycles. The highest BCUT2D eigenvalue weighted by Gasteiger charge is 2.61. The van der Waals surface area contributed by atoms with E-state index in [0.717, 1.165) is 23.4 Å². The molecule has 1 aromatic carbocycles. The van der Waals surface area contributed by atoms with Crippen LogP contribution in [0.1, 0.15) is 125 Å². The molecule has 4 rings (SSSR count). The number of rotatable bonds is 28. The molecule has 0 aromatic heterocycles. The molecule has 24 nitrogen and oxygen atoms in total. The van der Waals surface area contributed by atoms with Crippen LogP contribution in [0, 0.1) is 11.8 Å². The molecule has 0 radical (unpaired) electrons. The zero-order chi connectivity index (χ0) is 59.3. The van der Waals surface area contributed by atoms with Gasteiger partial charge >= 0.3 is 24.1 Å². The largest absolute Gasteiger partial charge is 0.459 e. The lowest BCUT2D eigenvalue weighted by Gasteiger charge is -2.39. The van der Waals surface area contributed by atoms with Gasteiger partial charge in [-0.05, 0) is 101 Å². The summed E-state index contributed by atoms with van der Waals surface area (Å²) in [4.78, 5) is 116. The number of epoxide rings is 1. The molecule has 80 heavy (non-hydrogen) atoms. The Labute approximate surface area is 468 Å². The second-order valence-electron chi connectivity index (χ2n) is 21.2. The Kier molecular flexibility index (Phi) is 26.1. The van der Waals surface area contributed by atoms with Crippen molar-refractivity contribution in [2.45, 2.75) is 187 Å². The molecule has 24 heteroatoms. The van der Waals surface area contributed by atoms with Crippen LogP contribution in [-0.2, 0) is 68.6 Å². The molecular formula is C56H85N9O15. The van der Waals surface area contributed by atoms with Crippen LogP contribution in [0.3, 0.4) is 0 Å². The van der Waals surface area contributed by atoms with Crippen molar-refractivity contribution < 1.29 is 71.6 Å². The average Bonchev–Trinajstić information content (AvgIpc) is 4.16. The molecule has 3 fully saturated rings. The van der Waals surface area contributed by atoms with Gasteiger partial charge < -0.3 is 61.6 Å². The zero-order valence-corrected chi connectivity index (χ0v) is 47.7. The van der Waals surface area contributed by atoms with Crippen LogP contribution in [0.4, 0.5) is 15.3 Å². The number of nitrogens with zero attached hydrogens (tertiary/aromatic N) is 2. The van der Waals surface area contributed by atoms with Crippen LogP contribution in [0.5, 0.6) is 0 Å². The van der Waals surface area contributed by atoms with E-state index in [1.54, 1.807) is 51.1 Å². The van der Waals surface area contributed by atoms with Gasteiger partial charge in [-0.25, -0.2) is 15.0 Å². The molecule has 0 saturated carbocycles. The molecule has 0 unspecified atom stereocenters. The van der Waals surface area contributed by atoms with Gasteiger partial charge in [0.05, 0.1) is 37.4 Å². The van der Waals surface area contributed by atoms with Crippen LogP contribution >= 0.6 is 0 Å². The summed E-state index contributed by atoms with van der Waals surface area (Å²) in [5.41, 5.74) is 19.9. The van der Waals surface area contributed by atoms with Crippen LogP contribution in [-0.4, -0.2) is 146 Å². The number of esters is 2. The van der Waals surface area contributed by atoms with Gasteiger partial charge in [0, 0.05) is 52.0 Å². The van der Waals surface area contributed by atoms with Gasteiger partial charge in [0.2, 0.25) is 23.6 Å². The number of benzene rings is 1. The van der Waals surface area contributed by atoms with Crippen LogP contribution < -0.4 is 43.5 Å². The van der Waals surface area contributed by atoms with E-state index in [1.807, 2.05) is 26.0 Å². The number of hydrazine groups is 1. The van der Waals surface area contributed by atoms with Gasteiger partial charge in [0.25, 0.3) is 5.91 Å². The molecule has 3 aliphatic heterocycles. The zero-order valence-electron chi connectivity index (χ0n) is 47.7. The Morgan fingerprint density at radius 1 is 0.912 bits per heavy atom. The number of anilines is 1. The summed E-state index contributed by atoms with van der Waals surface area (Å²) in [6.07, 6.45) is 8.26. The maximum atomic E-state index is 14.4. The molecule has 444 valence electrons. The Morgan fingerprint density at radius 3 is 2.23 bits per heavy atom. The number of carbonyl (C=O) groups excluding carboxylic acids is 9. The summed E-state index contributed by atoms with van der Waals surface area (Å²) in [5, 5.41) is 9.26. The fraction of sp³-hybridized carbons (Fsp3) is 0.625. The van der Waals surface area contributed by atoms with E-state index in [2.05, 4.69) is 28.3 Å². The van der Waals surface area contributed by atoms with E-state index in [9.17, 15) is 43.2 Å². The third-order valence-corrected chi connectivity index (χ3v) is 14.0. The van der Waals surface area contributed by atoms with Gasteiger partial charge in [-0.2, -0.15) is 0 Å². The monoisotopic (exact) mass is 1120 g/mol. The maximum Gasteiger partial charge on any atom is 0.426 e. The van der Waals surface area contributed by atoms with Crippen LogP contribution in [0.2, 0.25) is 0 Å². The number of allylic oxidation sites excluding steroid dienone is 2.